The number of thiophene rings is 1. The molecule has 0 aromatic carbocycles. The molecule has 0 spiro atoms. The minimum Gasteiger partial charge on any atom is -0.351 e. The molecule has 0 aliphatic heterocycles. The molecule has 0 bridgehead atoms. The minimum absolute atomic E-state index is 0.142. The van der Waals surface area contributed by atoms with E-state index in [2.05, 4.69) is 23.0 Å². The van der Waals surface area contributed by atoms with Crippen molar-refractivity contribution >= 4 is 17.2 Å². The Kier molecular flexibility index (Phi) is 3.84. The second kappa shape index (κ2) is 5.19. The highest BCUT2D eigenvalue weighted by molar-refractivity contribution is 7.08. The van der Waals surface area contributed by atoms with Crippen LogP contribution in [0.15, 0.2) is 10.8 Å². The van der Waals surface area contributed by atoms with Crippen LogP contribution in [-0.2, 0) is 11.3 Å². The lowest BCUT2D eigenvalue weighted by Crippen LogP contribution is -2.43. The molecule has 3 N–H and O–H groups in total. The van der Waals surface area contributed by atoms with Gasteiger partial charge in [0, 0.05) is 13.1 Å². The summed E-state index contributed by atoms with van der Waals surface area (Å²) in [7, 11) is 0. The SMILES string of the molecule is Cc1cscc1CNC(=O)C1(CN)CCCC1. The van der Waals surface area contributed by atoms with E-state index in [0.29, 0.717) is 13.1 Å². The number of carbonyl (C=O) groups is 1. The third kappa shape index (κ3) is 2.53. The van der Waals surface area contributed by atoms with E-state index in [-0.39, 0.29) is 11.3 Å². The maximum absolute atomic E-state index is 12.2. The van der Waals surface area contributed by atoms with Crippen LogP contribution in [0.5, 0.6) is 0 Å². The van der Waals surface area contributed by atoms with E-state index in [1.54, 1.807) is 11.3 Å². The summed E-state index contributed by atoms with van der Waals surface area (Å²) in [5, 5.41) is 7.25. The van der Waals surface area contributed by atoms with Crippen LogP contribution in [-0.4, -0.2) is 12.5 Å². The van der Waals surface area contributed by atoms with E-state index in [1.165, 1.54) is 11.1 Å². The Balaban J connectivity index is 1.95. The van der Waals surface area contributed by atoms with Gasteiger partial charge in [-0.3, -0.25) is 4.79 Å². The maximum Gasteiger partial charge on any atom is 0.227 e. The zero-order chi connectivity index (χ0) is 12.3. The van der Waals surface area contributed by atoms with Crippen molar-refractivity contribution in [1.82, 2.24) is 5.32 Å². The monoisotopic (exact) mass is 252 g/mol. The molecule has 1 aliphatic rings. The van der Waals surface area contributed by atoms with Crippen molar-refractivity contribution in [3.63, 3.8) is 0 Å². The Bertz CT molecular complexity index is 394. The Hall–Kier alpha value is -0.870. The summed E-state index contributed by atoms with van der Waals surface area (Å²) in [6.45, 7) is 3.18. The Morgan fingerprint density at radius 3 is 2.71 bits per heavy atom. The van der Waals surface area contributed by atoms with Crippen LogP contribution in [0.25, 0.3) is 0 Å². The van der Waals surface area contributed by atoms with Gasteiger partial charge in [0.15, 0.2) is 0 Å². The Labute approximate surface area is 106 Å². The fraction of sp³-hybridized carbons (Fsp3) is 0.615. The first-order chi connectivity index (χ1) is 8.18. The standard InChI is InChI=1S/C13H20N2OS/c1-10-7-17-8-11(10)6-15-12(16)13(9-14)4-2-3-5-13/h7-8H,2-6,9,14H2,1H3,(H,15,16). The summed E-state index contributed by atoms with van der Waals surface area (Å²) < 4.78 is 0. The van der Waals surface area contributed by atoms with Crippen molar-refractivity contribution in [2.24, 2.45) is 11.1 Å². The van der Waals surface area contributed by atoms with Crippen molar-refractivity contribution in [3.05, 3.63) is 21.9 Å². The van der Waals surface area contributed by atoms with Crippen molar-refractivity contribution in [1.29, 1.82) is 0 Å². The van der Waals surface area contributed by atoms with Crippen LogP contribution < -0.4 is 11.1 Å². The van der Waals surface area contributed by atoms with Gasteiger partial charge in [-0.2, -0.15) is 11.3 Å². The molecular weight excluding hydrogens is 232 g/mol. The molecular formula is C13H20N2OS. The van der Waals surface area contributed by atoms with E-state index in [9.17, 15) is 4.79 Å². The first kappa shape index (κ1) is 12.6. The quantitative estimate of drug-likeness (QED) is 0.863. The molecule has 4 heteroatoms. The number of rotatable bonds is 4. The number of nitrogens with two attached hydrogens (primary N) is 1. The zero-order valence-corrected chi connectivity index (χ0v) is 11.1. The number of amides is 1. The second-order valence-electron chi connectivity index (χ2n) is 4.95. The van der Waals surface area contributed by atoms with Gasteiger partial charge in [-0.15, -0.1) is 0 Å². The van der Waals surface area contributed by atoms with Crippen LogP contribution in [0.3, 0.4) is 0 Å². The molecule has 0 atom stereocenters. The van der Waals surface area contributed by atoms with E-state index < -0.39 is 0 Å². The summed E-state index contributed by atoms with van der Waals surface area (Å²) >= 11 is 1.68. The average Bonchev–Trinajstić information content (AvgIpc) is 2.95. The topological polar surface area (TPSA) is 55.1 Å². The second-order valence-corrected chi connectivity index (χ2v) is 5.70. The molecule has 17 heavy (non-hydrogen) atoms. The van der Waals surface area contributed by atoms with E-state index >= 15 is 0 Å². The van der Waals surface area contributed by atoms with Gasteiger partial charge >= 0.3 is 0 Å². The molecule has 1 aliphatic carbocycles. The molecule has 0 radical (unpaired) electrons. The highest BCUT2D eigenvalue weighted by Crippen LogP contribution is 2.37. The third-order valence-corrected chi connectivity index (χ3v) is 4.74. The van der Waals surface area contributed by atoms with Crippen molar-refractivity contribution < 1.29 is 4.79 Å². The molecule has 1 amide bonds. The van der Waals surface area contributed by atoms with Crippen LogP contribution in [0.4, 0.5) is 0 Å². The smallest absolute Gasteiger partial charge is 0.227 e. The molecule has 0 unspecified atom stereocenters. The Morgan fingerprint density at radius 2 is 2.18 bits per heavy atom. The molecule has 1 saturated carbocycles. The Morgan fingerprint density at radius 1 is 1.47 bits per heavy atom. The van der Waals surface area contributed by atoms with Crippen molar-refractivity contribution in [2.45, 2.75) is 39.2 Å². The molecule has 0 saturated heterocycles. The predicted molar refractivity (Wildman–Crippen MR) is 70.9 cm³/mol. The zero-order valence-electron chi connectivity index (χ0n) is 10.3. The molecule has 1 aromatic heterocycles. The highest BCUT2D eigenvalue weighted by Gasteiger charge is 2.39. The van der Waals surface area contributed by atoms with Gasteiger partial charge in [-0.05, 0) is 41.7 Å². The summed E-state index contributed by atoms with van der Waals surface area (Å²) in [6.07, 6.45) is 4.14. The van der Waals surface area contributed by atoms with Crippen molar-refractivity contribution in [3.8, 4) is 0 Å². The van der Waals surface area contributed by atoms with Gasteiger partial charge in [0.05, 0.1) is 5.41 Å². The van der Waals surface area contributed by atoms with Gasteiger partial charge < -0.3 is 11.1 Å². The highest BCUT2D eigenvalue weighted by atomic mass is 32.1. The van der Waals surface area contributed by atoms with Gasteiger partial charge in [-0.1, -0.05) is 12.8 Å². The first-order valence-electron chi connectivity index (χ1n) is 6.18. The van der Waals surface area contributed by atoms with Gasteiger partial charge in [0.25, 0.3) is 0 Å². The molecule has 94 valence electrons. The van der Waals surface area contributed by atoms with Crippen LogP contribution >= 0.6 is 11.3 Å². The number of carbonyl (C=O) groups excluding carboxylic acids is 1. The van der Waals surface area contributed by atoms with Crippen LogP contribution in [0.1, 0.15) is 36.8 Å². The molecule has 3 nitrogen and oxygen atoms in total. The van der Waals surface area contributed by atoms with E-state index in [1.807, 2.05) is 0 Å². The minimum atomic E-state index is -0.288. The average molecular weight is 252 g/mol. The summed E-state index contributed by atoms with van der Waals surface area (Å²) in [5.41, 5.74) is 7.97. The fourth-order valence-electron chi connectivity index (χ4n) is 2.51. The van der Waals surface area contributed by atoms with Crippen LogP contribution in [0, 0.1) is 12.3 Å². The molecule has 1 heterocycles. The third-order valence-electron chi connectivity index (χ3n) is 3.83. The van der Waals surface area contributed by atoms with Gasteiger partial charge in [-0.25, -0.2) is 0 Å². The number of hydrogen-bond donors (Lipinski definition) is 2. The lowest BCUT2D eigenvalue weighted by Gasteiger charge is -2.25. The number of aryl methyl sites for hydroxylation is 1. The van der Waals surface area contributed by atoms with E-state index in [0.717, 1.165) is 25.7 Å². The lowest BCUT2D eigenvalue weighted by molar-refractivity contribution is -0.130. The van der Waals surface area contributed by atoms with E-state index in [4.69, 9.17) is 5.73 Å². The predicted octanol–water partition coefficient (Wildman–Crippen LogP) is 2.19. The normalized spacial score (nSPS) is 18.2. The molecule has 1 aromatic rings. The fourth-order valence-corrected chi connectivity index (χ4v) is 3.36. The first-order valence-corrected chi connectivity index (χ1v) is 7.12. The maximum atomic E-state index is 12.2. The van der Waals surface area contributed by atoms with Gasteiger partial charge in [0.1, 0.15) is 0 Å². The molecule has 1 fully saturated rings. The van der Waals surface area contributed by atoms with Crippen molar-refractivity contribution in [2.75, 3.05) is 6.54 Å². The molecule has 2 rings (SSSR count). The van der Waals surface area contributed by atoms with Gasteiger partial charge in [0.2, 0.25) is 5.91 Å². The lowest BCUT2D eigenvalue weighted by atomic mass is 9.85. The number of hydrogen-bond acceptors (Lipinski definition) is 3. The summed E-state index contributed by atoms with van der Waals surface area (Å²) in [4.78, 5) is 12.2. The largest absolute Gasteiger partial charge is 0.351 e. The number of nitrogens with one attached hydrogen (secondary N) is 1. The summed E-state index contributed by atoms with van der Waals surface area (Å²) in [5.74, 6) is 0.142. The summed E-state index contributed by atoms with van der Waals surface area (Å²) in [6, 6.07) is 0. The van der Waals surface area contributed by atoms with Crippen LogP contribution in [0.2, 0.25) is 0 Å².